The molecule has 0 unspecified atom stereocenters. The summed E-state index contributed by atoms with van der Waals surface area (Å²) in [6.07, 6.45) is 3.22. The van der Waals surface area contributed by atoms with E-state index < -0.39 is 5.97 Å². The Morgan fingerprint density at radius 1 is 1.52 bits per heavy atom. The minimum absolute atomic E-state index is 0.159. The fourth-order valence-electron chi connectivity index (χ4n) is 2.49. The van der Waals surface area contributed by atoms with Crippen molar-refractivity contribution in [2.45, 2.75) is 18.4 Å². The number of carboxylic acids is 1. The lowest BCUT2D eigenvalue weighted by atomic mass is 9.95. The summed E-state index contributed by atoms with van der Waals surface area (Å²) in [4.78, 5) is 18.3. The van der Waals surface area contributed by atoms with E-state index in [9.17, 15) is 4.79 Å². The lowest BCUT2D eigenvalue weighted by Crippen LogP contribution is -2.35. The monoisotopic (exact) mass is 308 g/mol. The van der Waals surface area contributed by atoms with Gasteiger partial charge in [0, 0.05) is 50.3 Å². The molecule has 2 aromatic heterocycles. The largest absolute Gasteiger partial charge is 0.477 e. The number of nitrogens with one attached hydrogen (secondary N) is 1. The van der Waals surface area contributed by atoms with Crippen molar-refractivity contribution < 1.29 is 19.4 Å². The Balaban J connectivity index is 1.89. The molecule has 0 spiro atoms. The van der Waals surface area contributed by atoms with Crippen LogP contribution in [0.2, 0.25) is 0 Å². The number of methoxy groups -OCH3 is 1. The van der Waals surface area contributed by atoms with Crippen LogP contribution < -0.4 is 0 Å². The summed E-state index contributed by atoms with van der Waals surface area (Å²) in [5, 5.41) is 11.8. The topological polar surface area (TPSA) is 84.4 Å². The van der Waals surface area contributed by atoms with E-state index in [1.54, 1.807) is 19.4 Å². The highest BCUT2D eigenvalue weighted by molar-refractivity contribution is 7.10. The normalized spacial score (nSPS) is 17.8. The van der Waals surface area contributed by atoms with E-state index in [1.165, 1.54) is 11.3 Å². The summed E-state index contributed by atoms with van der Waals surface area (Å²) in [6.45, 7) is 1.33. The number of H-pyrrole nitrogens is 1. The lowest BCUT2D eigenvalue weighted by Gasteiger charge is -2.33. The molecule has 0 atom stereocenters. The van der Waals surface area contributed by atoms with Crippen LogP contribution >= 0.6 is 11.3 Å². The van der Waals surface area contributed by atoms with Crippen molar-refractivity contribution in [2.75, 3.05) is 20.3 Å². The molecule has 1 aliphatic heterocycles. The van der Waals surface area contributed by atoms with Gasteiger partial charge in [-0.15, -0.1) is 11.3 Å². The minimum atomic E-state index is -0.977. The van der Waals surface area contributed by atoms with Crippen LogP contribution in [0.15, 0.2) is 17.6 Å². The van der Waals surface area contributed by atoms with Crippen LogP contribution in [0, 0.1) is 0 Å². The Bertz CT molecular complexity index is 643. The zero-order chi connectivity index (χ0) is 14.9. The van der Waals surface area contributed by atoms with Gasteiger partial charge >= 0.3 is 5.97 Å². The van der Waals surface area contributed by atoms with Crippen molar-refractivity contribution in [3.63, 3.8) is 0 Å². The summed E-state index contributed by atoms with van der Waals surface area (Å²) >= 11 is 1.54. The quantitative estimate of drug-likeness (QED) is 0.906. The van der Waals surface area contributed by atoms with E-state index in [2.05, 4.69) is 9.97 Å². The number of aromatic nitrogens is 2. The van der Waals surface area contributed by atoms with Gasteiger partial charge in [-0.3, -0.25) is 0 Å². The molecule has 1 saturated heterocycles. The van der Waals surface area contributed by atoms with Gasteiger partial charge < -0.3 is 19.6 Å². The number of rotatable bonds is 4. The molecule has 0 radical (unpaired) electrons. The van der Waals surface area contributed by atoms with E-state index in [0.717, 1.165) is 29.1 Å². The summed E-state index contributed by atoms with van der Waals surface area (Å²) in [5.74, 6) is -0.977. The molecule has 2 N–H and O–H groups in total. The molecule has 6 nitrogen and oxygen atoms in total. The van der Waals surface area contributed by atoms with Crippen molar-refractivity contribution in [1.29, 1.82) is 0 Å². The number of ether oxygens (including phenoxy) is 2. The Hall–Kier alpha value is -1.70. The van der Waals surface area contributed by atoms with Crippen molar-refractivity contribution in [2.24, 2.45) is 0 Å². The van der Waals surface area contributed by atoms with Crippen molar-refractivity contribution in [3.05, 3.63) is 28.3 Å². The van der Waals surface area contributed by atoms with Gasteiger partial charge in [-0.25, -0.2) is 9.78 Å². The summed E-state index contributed by atoms with van der Waals surface area (Å²) in [6, 6.07) is 1.59. The van der Waals surface area contributed by atoms with Gasteiger partial charge in [-0.1, -0.05) is 0 Å². The van der Waals surface area contributed by atoms with E-state index in [4.69, 9.17) is 14.6 Å². The van der Waals surface area contributed by atoms with Crippen LogP contribution in [0.4, 0.5) is 0 Å². The zero-order valence-corrected chi connectivity index (χ0v) is 12.4. The molecule has 0 aliphatic carbocycles. The molecule has 112 valence electrons. The third-order valence-electron chi connectivity index (χ3n) is 3.79. The molecule has 0 saturated carbocycles. The van der Waals surface area contributed by atoms with Gasteiger partial charge in [0.25, 0.3) is 0 Å². The van der Waals surface area contributed by atoms with Gasteiger partial charge in [-0.2, -0.15) is 0 Å². The number of hydrogen-bond acceptors (Lipinski definition) is 5. The first kappa shape index (κ1) is 14.2. The second-order valence-corrected chi connectivity index (χ2v) is 5.81. The highest BCUT2D eigenvalue weighted by Gasteiger charge is 2.37. The van der Waals surface area contributed by atoms with Crippen LogP contribution in [-0.4, -0.2) is 41.4 Å². The number of aromatic carboxylic acids is 1. The fraction of sp³-hybridized carbons (Fsp3) is 0.429. The average Bonchev–Trinajstić information content (AvgIpc) is 3.17. The first-order chi connectivity index (χ1) is 10.1. The molecule has 3 heterocycles. The number of carbonyl (C=O) groups is 1. The van der Waals surface area contributed by atoms with Gasteiger partial charge in [0.1, 0.15) is 16.3 Å². The molecule has 1 fully saturated rings. The Kier molecular flexibility index (Phi) is 3.79. The second kappa shape index (κ2) is 5.59. The van der Waals surface area contributed by atoms with Crippen LogP contribution in [-0.2, 0) is 15.1 Å². The predicted octanol–water partition coefficient (Wildman–Crippen LogP) is 2.49. The maximum Gasteiger partial charge on any atom is 0.352 e. The number of thiazole rings is 1. The molecular formula is C14H16N2O4S. The predicted molar refractivity (Wildman–Crippen MR) is 77.6 cm³/mol. The molecule has 3 rings (SSSR count). The van der Waals surface area contributed by atoms with Crippen LogP contribution in [0.1, 0.15) is 28.3 Å². The summed E-state index contributed by atoms with van der Waals surface area (Å²) < 4.78 is 11.1. The van der Waals surface area contributed by atoms with Gasteiger partial charge in [0.15, 0.2) is 0 Å². The highest BCUT2D eigenvalue weighted by Crippen LogP contribution is 2.38. The first-order valence-corrected chi connectivity index (χ1v) is 7.53. The minimum Gasteiger partial charge on any atom is -0.477 e. The van der Waals surface area contributed by atoms with Gasteiger partial charge in [-0.05, 0) is 6.07 Å². The van der Waals surface area contributed by atoms with E-state index >= 15 is 0 Å². The van der Waals surface area contributed by atoms with Crippen molar-refractivity contribution in [3.8, 4) is 11.3 Å². The van der Waals surface area contributed by atoms with Crippen molar-refractivity contribution in [1.82, 2.24) is 9.97 Å². The number of nitrogens with zero attached hydrogens (tertiary/aromatic N) is 1. The van der Waals surface area contributed by atoms with E-state index in [0.29, 0.717) is 13.2 Å². The molecule has 2 aromatic rings. The van der Waals surface area contributed by atoms with Gasteiger partial charge in [0.2, 0.25) is 0 Å². The molecule has 0 amide bonds. The molecule has 7 heteroatoms. The number of aromatic amines is 1. The lowest BCUT2D eigenvalue weighted by molar-refractivity contribution is -0.0947. The average molecular weight is 308 g/mol. The highest BCUT2D eigenvalue weighted by atomic mass is 32.1. The van der Waals surface area contributed by atoms with E-state index in [1.807, 2.05) is 5.38 Å². The third kappa shape index (κ3) is 2.59. The molecule has 0 bridgehead atoms. The zero-order valence-electron chi connectivity index (χ0n) is 11.6. The van der Waals surface area contributed by atoms with Crippen LogP contribution in [0.25, 0.3) is 11.3 Å². The second-order valence-electron chi connectivity index (χ2n) is 4.96. The molecule has 1 aliphatic rings. The SMILES string of the molecule is COC1(c2nc(-c3c[nH]c(C(=O)O)c3)cs2)CCOCC1. The summed E-state index contributed by atoms with van der Waals surface area (Å²) in [5.41, 5.74) is 1.31. The Labute approximate surface area is 125 Å². The fourth-order valence-corrected chi connectivity index (χ4v) is 3.55. The maximum atomic E-state index is 10.9. The maximum absolute atomic E-state index is 10.9. The smallest absolute Gasteiger partial charge is 0.352 e. The third-order valence-corrected chi connectivity index (χ3v) is 4.82. The van der Waals surface area contributed by atoms with E-state index in [-0.39, 0.29) is 11.3 Å². The van der Waals surface area contributed by atoms with Gasteiger partial charge in [0.05, 0.1) is 5.69 Å². The Morgan fingerprint density at radius 2 is 2.29 bits per heavy atom. The van der Waals surface area contributed by atoms with Crippen molar-refractivity contribution >= 4 is 17.3 Å². The first-order valence-electron chi connectivity index (χ1n) is 6.65. The standard InChI is InChI=1S/C14H16N2O4S/c1-19-14(2-4-20-5-3-14)13-16-11(8-21-13)9-6-10(12(17)18)15-7-9/h6-8,15H,2-5H2,1H3,(H,17,18). The molecule has 21 heavy (non-hydrogen) atoms. The molecule has 0 aromatic carbocycles. The number of carboxylic acid groups (broad SMARTS) is 1. The number of hydrogen-bond donors (Lipinski definition) is 2. The summed E-state index contributed by atoms with van der Waals surface area (Å²) in [7, 11) is 1.70. The Morgan fingerprint density at radius 3 is 2.90 bits per heavy atom. The van der Waals surface area contributed by atoms with Crippen LogP contribution in [0.3, 0.4) is 0 Å². The van der Waals surface area contributed by atoms with Crippen LogP contribution in [0.5, 0.6) is 0 Å². The molecular weight excluding hydrogens is 292 g/mol.